The zero-order valence-electron chi connectivity index (χ0n) is 12.0. The lowest BCUT2D eigenvalue weighted by Gasteiger charge is -2.75. The van der Waals surface area contributed by atoms with Gasteiger partial charge in [0.05, 0.1) is 10.0 Å². The summed E-state index contributed by atoms with van der Waals surface area (Å²) in [5.74, 6) is -0.0910. The minimum absolute atomic E-state index is 0. The molecule has 0 radical (unpaired) electrons. The van der Waals surface area contributed by atoms with Gasteiger partial charge >= 0.3 is 0 Å². The molecule has 1 aromatic carbocycles. The standard InChI is InChI=1S/C15H18Cl2N2O.ClH/c1-13(2,18)14-6-15(7-14,8-14)19-12(20)9-3-4-10(16)11(17)5-9;/h3-5H,6-8,18H2,1-2H3,(H,19,20);1H. The van der Waals surface area contributed by atoms with Crippen molar-refractivity contribution in [3.63, 3.8) is 0 Å². The number of carbonyl (C=O) groups excluding carboxylic acids is 1. The summed E-state index contributed by atoms with van der Waals surface area (Å²) in [5, 5.41) is 3.98. The molecule has 3 aliphatic rings. The molecule has 0 aromatic heterocycles. The number of rotatable bonds is 3. The van der Waals surface area contributed by atoms with E-state index < -0.39 is 0 Å². The normalized spacial score (nSPS) is 29.8. The van der Waals surface area contributed by atoms with Gasteiger partial charge < -0.3 is 11.1 Å². The third-order valence-corrected chi connectivity index (χ3v) is 5.70. The van der Waals surface area contributed by atoms with Gasteiger partial charge in [0.25, 0.3) is 5.91 Å². The number of hydrogen-bond donors (Lipinski definition) is 2. The zero-order valence-corrected chi connectivity index (χ0v) is 14.3. The van der Waals surface area contributed by atoms with Gasteiger partial charge in [0, 0.05) is 16.6 Å². The molecule has 0 spiro atoms. The maximum Gasteiger partial charge on any atom is 0.251 e. The molecule has 0 atom stereocenters. The van der Waals surface area contributed by atoms with E-state index in [1.165, 1.54) is 0 Å². The molecule has 3 nitrogen and oxygen atoms in total. The molecule has 0 saturated heterocycles. The van der Waals surface area contributed by atoms with Crippen molar-refractivity contribution in [3.05, 3.63) is 33.8 Å². The van der Waals surface area contributed by atoms with Gasteiger partial charge in [-0.1, -0.05) is 23.2 Å². The second kappa shape index (κ2) is 5.02. The van der Waals surface area contributed by atoms with Crippen LogP contribution in [0, 0.1) is 5.41 Å². The van der Waals surface area contributed by atoms with Crippen LogP contribution in [0.2, 0.25) is 10.0 Å². The number of halogens is 3. The van der Waals surface area contributed by atoms with E-state index in [2.05, 4.69) is 19.2 Å². The predicted molar refractivity (Wildman–Crippen MR) is 88.5 cm³/mol. The second-order valence-corrected chi connectivity index (χ2v) is 7.71. The lowest BCUT2D eigenvalue weighted by atomic mass is 9.34. The van der Waals surface area contributed by atoms with Gasteiger partial charge in [0.15, 0.2) is 0 Å². The molecule has 21 heavy (non-hydrogen) atoms. The molecule has 2 bridgehead atoms. The van der Waals surface area contributed by atoms with Gasteiger partial charge in [0.1, 0.15) is 0 Å². The highest BCUT2D eigenvalue weighted by Gasteiger charge is 2.72. The first-order valence-corrected chi connectivity index (χ1v) is 7.49. The minimum atomic E-state index is -0.178. The SMILES string of the molecule is CC(C)(N)C12CC(NC(=O)c3ccc(Cl)c(Cl)c3)(C1)C2.Cl. The molecule has 116 valence electrons. The smallest absolute Gasteiger partial charge is 0.251 e. The summed E-state index contributed by atoms with van der Waals surface area (Å²) in [4.78, 5) is 12.3. The van der Waals surface area contributed by atoms with Crippen molar-refractivity contribution >= 4 is 41.5 Å². The first kappa shape index (κ1) is 16.9. The third kappa shape index (κ3) is 2.55. The summed E-state index contributed by atoms with van der Waals surface area (Å²) in [5.41, 5.74) is 6.72. The molecule has 3 fully saturated rings. The number of hydrogen-bond acceptors (Lipinski definition) is 2. The Hall–Kier alpha value is -0.480. The van der Waals surface area contributed by atoms with Crippen molar-refractivity contribution < 1.29 is 4.79 Å². The fraction of sp³-hybridized carbons (Fsp3) is 0.533. The van der Waals surface area contributed by atoms with E-state index in [-0.39, 0.29) is 34.8 Å². The van der Waals surface area contributed by atoms with E-state index >= 15 is 0 Å². The maximum absolute atomic E-state index is 12.3. The second-order valence-electron chi connectivity index (χ2n) is 6.90. The summed E-state index contributed by atoms with van der Waals surface area (Å²) in [6.45, 7) is 4.13. The molecule has 0 aliphatic heterocycles. The lowest BCUT2D eigenvalue weighted by Crippen LogP contribution is -2.81. The molecule has 3 N–H and O–H groups in total. The van der Waals surface area contributed by atoms with E-state index in [1.54, 1.807) is 18.2 Å². The van der Waals surface area contributed by atoms with Crippen LogP contribution in [0.1, 0.15) is 43.5 Å². The largest absolute Gasteiger partial charge is 0.347 e. The molecule has 4 rings (SSSR count). The summed E-state index contributed by atoms with van der Waals surface area (Å²) < 4.78 is 0. The Morgan fingerprint density at radius 3 is 2.29 bits per heavy atom. The van der Waals surface area contributed by atoms with Crippen LogP contribution in [-0.4, -0.2) is 17.0 Å². The highest BCUT2D eigenvalue weighted by atomic mass is 35.5. The number of nitrogens with one attached hydrogen (secondary N) is 1. The average Bonchev–Trinajstić information content (AvgIpc) is 2.23. The summed E-state index contributed by atoms with van der Waals surface area (Å²) >= 11 is 11.8. The molecule has 1 amide bonds. The fourth-order valence-corrected chi connectivity index (χ4v) is 3.85. The van der Waals surface area contributed by atoms with Crippen molar-refractivity contribution in [2.24, 2.45) is 11.1 Å². The van der Waals surface area contributed by atoms with E-state index in [9.17, 15) is 4.79 Å². The first-order chi connectivity index (χ1) is 9.16. The van der Waals surface area contributed by atoms with E-state index in [0.29, 0.717) is 15.6 Å². The van der Waals surface area contributed by atoms with Crippen molar-refractivity contribution in [3.8, 4) is 0 Å². The quantitative estimate of drug-likeness (QED) is 0.872. The lowest BCUT2D eigenvalue weighted by molar-refractivity contribution is -0.185. The Bertz CT molecular complexity index is 575. The van der Waals surface area contributed by atoms with Crippen molar-refractivity contribution in [1.82, 2.24) is 5.32 Å². The predicted octanol–water partition coefficient (Wildman–Crippen LogP) is 3.81. The van der Waals surface area contributed by atoms with Crippen molar-refractivity contribution in [1.29, 1.82) is 0 Å². The molecular weight excluding hydrogens is 331 g/mol. The Labute approximate surface area is 141 Å². The van der Waals surface area contributed by atoms with Gasteiger partial charge in [-0.25, -0.2) is 0 Å². The van der Waals surface area contributed by atoms with Crippen molar-refractivity contribution in [2.75, 3.05) is 0 Å². The number of carbonyl (C=O) groups is 1. The van der Waals surface area contributed by atoms with Crippen LogP contribution >= 0.6 is 35.6 Å². The maximum atomic E-state index is 12.3. The van der Waals surface area contributed by atoms with E-state index in [4.69, 9.17) is 28.9 Å². The summed E-state index contributed by atoms with van der Waals surface area (Å²) in [6.07, 6.45) is 2.91. The molecule has 3 aliphatic carbocycles. The molecule has 0 heterocycles. The van der Waals surface area contributed by atoms with E-state index in [1.807, 2.05) is 0 Å². The van der Waals surface area contributed by atoms with Gasteiger partial charge in [0.2, 0.25) is 0 Å². The van der Waals surface area contributed by atoms with Gasteiger partial charge in [-0.05, 0) is 56.7 Å². The molecule has 6 heteroatoms. The average molecular weight is 350 g/mol. The van der Waals surface area contributed by atoms with Crippen LogP contribution in [-0.2, 0) is 0 Å². The minimum Gasteiger partial charge on any atom is -0.347 e. The highest BCUT2D eigenvalue weighted by molar-refractivity contribution is 6.42. The van der Waals surface area contributed by atoms with Crippen LogP contribution in [0.4, 0.5) is 0 Å². The number of benzene rings is 1. The molecule has 0 unspecified atom stereocenters. The van der Waals surface area contributed by atoms with Gasteiger partial charge in [-0.2, -0.15) is 0 Å². The van der Waals surface area contributed by atoms with Gasteiger partial charge in [-0.3, -0.25) is 4.79 Å². The molecular formula is C15H19Cl3N2O. The topological polar surface area (TPSA) is 55.1 Å². The summed E-state index contributed by atoms with van der Waals surface area (Å²) in [6, 6.07) is 4.94. The van der Waals surface area contributed by atoms with Crippen LogP contribution in [0.3, 0.4) is 0 Å². The first-order valence-electron chi connectivity index (χ1n) is 6.73. The molecule has 1 aromatic rings. The number of amides is 1. The van der Waals surface area contributed by atoms with E-state index in [0.717, 1.165) is 19.3 Å². The van der Waals surface area contributed by atoms with Crippen molar-refractivity contribution in [2.45, 2.75) is 44.2 Å². The Kier molecular flexibility index (Phi) is 4.04. The Morgan fingerprint density at radius 1 is 1.24 bits per heavy atom. The van der Waals surface area contributed by atoms with Crippen LogP contribution in [0.15, 0.2) is 18.2 Å². The monoisotopic (exact) mass is 348 g/mol. The third-order valence-electron chi connectivity index (χ3n) is 4.96. The fourth-order valence-electron chi connectivity index (χ4n) is 3.55. The molecule has 3 saturated carbocycles. The summed E-state index contributed by atoms with van der Waals surface area (Å²) in [7, 11) is 0. The van der Waals surface area contributed by atoms with Crippen LogP contribution < -0.4 is 11.1 Å². The Balaban J connectivity index is 0.00000161. The highest BCUT2D eigenvalue weighted by Crippen LogP contribution is 2.71. The zero-order chi connectivity index (χ0) is 14.8. The van der Waals surface area contributed by atoms with Crippen LogP contribution in [0.5, 0.6) is 0 Å². The number of nitrogens with two attached hydrogens (primary N) is 1. The Morgan fingerprint density at radius 2 is 1.81 bits per heavy atom. The van der Waals surface area contributed by atoms with Crippen LogP contribution in [0.25, 0.3) is 0 Å². The van der Waals surface area contributed by atoms with Gasteiger partial charge in [-0.15, -0.1) is 12.4 Å².